The smallest absolute Gasteiger partial charge is 0.354 e. The first-order chi connectivity index (χ1) is 12.8. The molecule has 0 unspecified atom stereocenters. The molecule has 11 nitrogen and oxygen atoms in total. The number of hydrogen-bond acceptors (Lipinski definition) is 9. The maximum absolute atomic E-state index is 12.3. The highest BCUT2D eigenvalue weighted by Crippen LogP contribution is 2.28. The second-order valence-electron chi connectivity index (χ2n) is 5.49. The summed E-state index contributed by atoms with van der Waals surface area (Å²) in [5, 5.41) is 14.2. The quantitative estimate of drug-likeness (QED) is 0.308. The molecule has 0 amide bonds. The maximum Gasteiger partial charge on any atom is 0.354 e. The number of anilines is 2. The lowest BCUT2D eigenvalue weighted by molar-refractivity contribution is -0.383. The van der Waals surface area contributed by atoms with Crippen LogP contribution in [-0.2, 0) is 14.8 Å². The third-order valence-corrected chi connectivity index (χ3v) is 4.72. The topological polar surface area (TPSA) is 148 Å². The number of rotatable bonds is 10. The maximum atomic E-state index is 12.3. The van der Waals surface area contributed by atoms with E-state index in [9.17, 15) is 18.5 Å². The summed E-state index contributed by atoms with van der Waals surface area (Å²) in [6.07, 6.45) is 1.70. The first kappa shape index (κ1) is 20.5. The fraction of sp³-hybridized carbons (Fsp3) is 0.333. The van der Waals surface area contributed by atoms with Gasteiger partial charge in [-0.15, -0.1) is 4.83 Å². The van der Waals surface area contributed by atoms with Gasteiger partial charge in [0.05, 0.1) is 9.82 Å². The number of methoxy groups -OCH3 is 1. The molecule has 0 fully saturated rings. The van der Waals surface area contributed by atoms with Crippen molar-refractivity contribution in [1.82, 2.24) is 14.8 Å². The number of hydrogen-bond donors (Lipinski definition) is 3. The van der Waals surface area contributed by atoms with Gasteiger partial charge in [0.1, 0.15) is 6.33 Å². The largest absolute Gasteiger partial charge is 0.385 e. The molecule has 2 aromatic rings. The highest BCUT2D eigenvalue weighted by Gasteiger charge is 2.24. The molecule has 0 aliphatic heterocycles. The molecule has 0 bridgehead atoms. The van der Waals surface area contributed by atoms with Crippen LogP contribution in [0.5, 0.6) is 0 Å². The zero-order valence-corrected chi connectivity index (χ0v) is 15.6. The van der Waals surface area contributed by atoms with Crippen LogP contribution in [0.15, 0.2) is 35.5 Å². The van der Waals surface area contributed by atoms with E-state index in [1.807, 2.05) is 6.92 Å². The van der Waals surface area contributed by atoms with Crippen LogP contribution >= 0.6 is 0 Å². The van der Waals surface area contributed by atoms with Crippen LogP contribution in [-0.4, -0.2) is 43.6 Å². The van der Waals surface area contributed by atoms with E-state index < -0.39 is 20.6 Å². The monoisotopic (exact) mass is 396 g/mol. The number of nitrogens with zero attached hydrogens (tertiary/aromatic N) is 3. The summed E-state index contributed by atoms with van der Waals surface area (Å²) in [5.41, 5.74) is 2.72. The number of aromatic nitrogens is 2. The Kier molecular flexibility index (Phi) is 6.98. The van der Waals surface area contributed by atoms with Crippen LogP contribution < -0.4 is 15.6 Å². The number of hydrazine groups is 1. The highest BCUT2D eigenvalue weighted by molar-refractivity contribution is 7.89. The molecular formula is C15H20N6O5S. The second-order valence-corrected chi connectivity index (χ2v) is 7.18. The molecule has 1 aromatic carbocycles. The van der Waals surface area contributed by atoms with Gasteiger partial charge in [-0.2, -0.15) is 0 Å². The Morgan fingerprint density at radius 2 is 1.85 bits per heavy atom. The van der Waals surface area contributed by atoms with E-state index >= 15 is 0 Å². The Bertz CT molecular complexity index is 888. The van der Waals surface area contributed by atoms with Gasteiger partial charge in [0, 0.05) is 20.3 Å². The van der Waals surface area contributed by atoms with Gasteiger partial charge in [-0.1, -0.05) is 17.7 Å². The van der Waals surface area contributed by atoms with Crippen LogP contribution in [0.1, 0.15) is 12.0 Å². The predicted octanol–water partition coefficient (Wildman–Crippen LogP) is 1.45. The first-order valence-electron chi connectivity index (χ1n) is 7.92. The van der Waals surface area contributed by atoms with Crippen molar-refractivity contribution in [3.05, 3.63) is 46.3 Å². The van der Waals surface area contributed by atoms with E-state index in [-0.39, 0.29) is 16.5 Å². The molecular weight excluding hydrogens is 376 g/mol. The molecule has 2 rings (SSSR count). The van der Waals surface area contributed by atoms with Crippen LogP contribution in [0.25, 0.3) is 0 Å². The summed E-state index contributed by atoms with van der Waals surface area (Å²) >= 11 is 0. The summed E-state index contributed by atoms with van der Waals surface area (Å²) in [7, 11) is -2.38. The molecule has 0 saturated carbocycles. The normalized spacial score (nSPS) is 11.2. The van der Waals surface area contributed by atoms with Crippen molar-refractivity contribution < 1.29 is 18.1 Å². The number of ether oxygens (including phenoxy) is 1. The lowest BCUT2D eigenvalue weighted by Crippen LogP contribution is -2.30. The highest BCUT2D eigenvalue weighted by atomic mass is 32.2. The predicted molar refractivity (Wildman–Crippen MR) is 98.8 cm³/mol. The van der Waals surface area contributed by atoms with E-state index in [2.05, 4.69) is 25.5 Å². The molecule has 12 heteroatoms. The zero-order valence-electron chi connectivity index (χ0n) is 14.8. The van der Waals surface area contributed by atoms with Gasteiger partial charge in [0.15, 0.2) is 0 Å². The SMILES string of the molecule is COCCCNc1ncnc(NNS(=O)(=O)c2ccc(C)cc2)c1[N+](=O)[O-]. The molecule has 0 radical (unpaired) electrons. The Labute approximate surface area is 156 Å². The lowest BCUT2D eigenvalue weighted by Gasteiger charge is -2.11. The number of nitro groups is 1. The van der Waals surface area contributed by atoms with E-state index in [0.29, 0.717) is 19.6 Å². The van der Waals surface area contributed by atoms with Crippen LogP contribution in [0.3, 0.4) is 0 Å². The minimum absolute atomic E-state index is 0.00947. The number of sulfonamides is 1. The van der Waals surface area contributed by atoms with Crippen molar-refractivity contribution >= 4 is 27.3 Å². The summed E-state index contributed by atoms with van der Waals surface area (Å²) in [5.74, 6) is -0.303. The Hall–Kier alpha value is -2.83. The molecule has 3 N–H and O–H groups in total. The number of aryl methyl sites for hydroxylation is 1. The van der Waals surface area contributed by atoms with Gasteiger partial charge >= 0.3 is 5.69 Å². The Morgan fingerprint density at radius 1 is 1.19 bits per heavy atom. The van der Waals surface area contributed by atoms with Crippen LogP contribution in [0, 0.1) is 17.0 Å². The molecule has 0 atom stereocenters. The van der Waals surface area contributed by atoms with Crippen molar-refractivity contribution in [2.75, 3.05) is 31.0 Å². The van der Waals surface area contributed by atoms with Crippen molar-refractivity contribution in [1.29, 1.82) is 0 Å². The lowest BCUT2D eigenvalue weighted by atomic mass is 10.2. The molecule has 0 spiro atoms. The minimum atomic E-state index is -3.94. The first-order valence-corrected chi connectivity index (χ1v) is 9.40. The fourth-order valence-electron chi connectivity index (χ4n) is 2.09. The third-order valence-electron chi connectivity index (χ3n) is 3.46. The van der Waals surface area contributed by atoms with Crippen LogP contribution in [0.4, 0.5) is 17.3 Å². The Balaban J connectivity index is 2.17. The average Bonchev–Trinajstić information content (AvgIpc) is 2.64. The van der Waals surface area contributed by atoms with Crippen molar-refractivity contribution in [3.63, 3.8) is 0 Å². The summed E-state index contributed by atoms with van der Waals surface area (Å²) < 4.78 is 29.5. The molecule has 1 aromatic heterocycles. The van der Waals surface area contributed by atoms with E-state index in [1.165, 1.54) is 12.1 Å². The molecule has 146 valence electrons. The van der Waals surface area contributed by atoms with Gasteiger partial charge in [-0.25, -0.2) is 18.4 Å². The van der Waals surface area contributed by atoms with Gasteiger partial charge in [-0.3, -0.25) is 15.5 Å². The molecule has 0 aliphatic rings. The summed E-state index contributed by atoms with van der Waals surface area (Å²) in [6, 6.07) is 6.14. The molecule has 27 heavy (non-hydrogen) atoms. The van der Waals surface area contributed by atoms with E-state index in [4.69, 9.17) is 4.74 Å². The van der Waals surface area contributed by atoms with Gasteiger partial charge in [0.25, 0.3) is 10.0 Å². The van der Waals surface area contributed by atoms with E-state index in [0.717, 1.165) is 11.9 Å². The fourth-order valence-corrected chi connectivity index (χ4v) is 2.93. The number of benzene rings is 1. The standard InChI is InChI=1S/C15H20N6O5S/c1-11-4-6-12(7-5-11)27(24,25)20-19-15-13(21(22)23)14(17-10-18-15)16-8-3-9-26-2/h4-7,10,20H,3,8-9H2,1-2H3,(H2,16,17,18,19). The Morgan fingerprint density at radius 3 is 2.48 bits per heavy atom. The molecule has 0 aliphatic carbocycles. The van der Waals surface area contributed by atoms with Crippen molar-refractivity contribution in [3.8, 4) is 0 Å². The zero-order chi connectivity index (χ0) is 19.9. The molecule has 0 saturated heterocycles. The second kappa shape index (κ2) is 9.21. The van der Waals surface area contributed by atoms with Gasteiger partial charge < -0.3 is 10.1 Å². The summed E-state index contributed by atoms with van der Waals surface area (Å²) in [6.45, 7) is 2.70. The number of nitrogens with one attached hydrogen (secondary N) is 3. The average molecular weight is 396 g/mol. The van der Waals surface area contributed by atoms with Gasteiger partial charge in [0.2, 0.25) is 11.6 Å². The van der Waals surface area contributed by atoms with Crippen LogP contribution in [0.2, 0.25) is 0 Å². The third kappa shape index (κ3) is 5.57. The van der Waals surface area contributed by atoms with Crippen molar-refractivity contribution in [2.45, 2.75) is 18.2 Å². The summed E-state index contributed by atoms with van der Waals surface area (Å²) in [4.78, 5) is 20.4. The van der Waals surface area contributed by atoms with Gasteiger partial charge in [-0.05, 0) is 25.5 Å². The van der Waals surface area contributed by atoms with Crippen molar-refractivity contribution in [2.24, 2.45) is 0 Å². The van der Waals surface area contributed by atoms with E-state index in [1.54, 1.807) is 19.2 Å². The minimum Gasteiger partial charge on any atom is -0.385 e. The molecule has 1 heterocycles.